The third kappa shape index (κ3) is 2.47. The Hall–Kier alpha value is -1.20. The Morgan fingerprint density at radius 2 is 2.11 bits per heavy atom. The van der Waals surface area contributed by atoms with Crippen LogP contribution in [-0.4, -0.2) is 14.8 Å². The molecule has 18 heavy (non-hydrogen) atoms. The van der Waals surface area contributed by atoms with E-state index >= 15 is 0 Å². The smallest absolute Gasteiger partial charge is 0.112 e. The molecule has 0 amide bonds. The van der Waals surface area contributed by atoms with Gasteiger partial charge in [0.2, 0.25) is 0 Å². The lowest BCUT2D eigenvalue weighted by Gasteiger charge is -2.24. The van der Waals surface area contributed by atoms with Gasteiger partial charge in [-0.1, -0.05) is 0 Å². The molecule has 1 N–H and O–H groups in total. The molecular formula is C13H20N4S. The lowest BCUT2D eigenvalue weighted by atomic mass is 10.1. The average molecular weight is 264 g/mol. The van der Waals surface area contributed by atoms with Crippen molar-refractivity contribution in [2.75, 3.05) is 0 Å². The SMILES string of the molecule is Cc1nn(C)c(C)c1CNC(C)(C)c1nccs1. The molecule has 0 bridgehead atoms. The highest BCUT2D eigenvalue weighted by Crippen LogP contribution is 2.23. The summed E-state index contributed by atoms with van der Waals surface area (Å²) >= 11 is 1.68. The Labute approximate surface area is 112 Å². The summed E-state index contributed by atoms with van der Waals surface area (Å²) in [4.78, 5) is 4.39. The fraction of sp³-hybridized carbons (Fsp3) is 0.538. The second-order valence-electron chi connectivity index (χ2n) is 5.09. The Kier molecular flexibility index (Phi) is 3.54. The third-order valence-corrected chi connectivity index (χ3v) is 4.43. The van der Waals surface area contributed by atoms with Gasteiger partial charge in [-0.25, -0.2) is 4.98 Å². The number of aryl methyl sites for hydroxylation is 2. The Morgan fingerprint density at radius 1 is 1.39 bits per heavy atom. The first-order valence-electron chi connectivity index (χ1n) is 6.06. The lowest BCUT2D eigenvalue weighted by molar-refractivity contribution is 0.398. The first-order valence-corrected chi connectivity index (χ1v) is 6.94. The molecule has 0 unspecified atom stereocenters. The summed E-state index contributed by atoms with van der Waals surface area (Å²) in [7, 11) is 1.98. The van der Waals surface area contributed by atoms with Crippen molar-refractivity contribution in [1.29, 1.82) is 0 Å². The fourth-order valence-electron chi connectivity index (χ4n) is 1.99. The van der Waals surface area contributed by atoms with Gasteiger partial charge in [0.1, 0.15) is 5.01 Å². The highest BCUT2D eigenvalue weighted by molar-refractivity contribution is 7.09. The molecule has 98 valence electrons. The molecule has 0 radical (unpaired) electrons. The summed E-state index contributed by atoms with van der Waals surface area (Å²) < 4.78 is 1.93. The molecule has 0 saturated heterocycles. The second kappa shape index (κ2) is 4.82. The van der Waals surface area contributed by atoms with Crippen LogP contribution in [0.25, 0.3) is 0 Å². The average Bonchev–Trinajstić information content (AvgIpc) is 2.88. The molecule has 2 aromatic rings. The Bertz CT molecular complexity index is 525. The topological polar surface area (TPSA) is 42.7 Å². The zero-order chi connectivity index (χ0) is 13.3. The van der Waals surface area contributed by atoms with E-state index in [1.54, 1.807) is 11.3 Å². The molecule has 0 fully saturated rings. The van der Waals surface area contributed by atoms with E-state index in [9.17, 15) is 0 Å². The fourth-order valence-corrected chi connectivity index (χ4v) is 2.73. The molecule has 0 atom stereocenters. The predicted octanol–water partition coefficient (Wildman–Crippen LogP) is 2.52. The predicted molar refractivity (Wildman–Crippen MR) is 74.7 cm³/mol. The first-order chi connectivity index (χ1) is 8.42. The molecule has 4 nitrogen and oxygen atoms in total. The maximum atomic E-state index is 4.44. The molecule has 5 heteroatoms. The van der Waals surface area contributed by atoms with Crippen molar-refractivity contribution in [3.05, 3.63) is 33.5 Å². The van der Waals surface area contributed by atoms with Gasteiger partial charge in [0, 0.05) is 36.4 Å². The Balaban J connectivity index is 2.12. The summed E-state index contributed by atoms with van der Waals surface area (Å²) in [6.07, 6.45) is 1.85. The van der Waals surface area contributed by atoms with Crippen LogP contribution in [0, 0.1) is 13.8 Å². The van der Waals surface area contributed by atoms with E-state index in [1.165, 1.54) is 11.3 Å². The highest BCUT2D eigenvalue weighted by Gasteiger charge is 2.23. The second-order valence-corrected chi connectivity index (χ2v) is 5.98. The standard InChI is InChI=1S/C13H20N4S/c1-9-11(10(2)17(5)16-9)8-15-13(3,4)12-14-6-7-18-12/h6-7,15H,8H2,1-5H3. The van der Waals surface area contributed by atoms with Crippen molar-refractivity contribution in [1.82, 2.24) is 20.1 Å². The maximum Gasteiger partial charge on any atom is 0.112 e. The number of aromatic nitrogens is 3. The van der Waals surface area contributed by atoms with E-state index in [0.29, 0.717) is 0 Å². The summed E-state index contributed by atoms with van der Waals surface area (Å²) in [5.74, 6) is 0. The number of nitrogens with one attached hydrogen (secondary N) is 1. The van der Waals surface area contributed by atoms with Crippen LogP contribution < -0.4 is 5.32 Å². The number of thiazole rings is 1. The number of rotatable bonds is 4. The van der Waals surface area contributed by atoms with Gasteiger partial charge in [-0.3, -0.25) is 4.68 Å². The van der Waals surface area contributed by atoms with Crippen molar-refractivity contribution < 1.29 is 0 Å². The molecule has 0 aliphatic carbocycles. The zero-order valence-corrected chi connectivity index (χ0v) is 12.4. The van der Waals surface area contributed by atoms with Crippen LogP contribution in [-0.2, 0) is 19.1 Å². The maximum absolute atomic E-state index is 4.44. The first kappa shape index (κ1) is 13.2. The summed E-state index contributed by atoms with van der Waals surface area (Å²) in [6, 6.07) is 0. The van der Waals surface area contributed by atoms with Crippen molar-refractivity contribution in [2.45, 2.75) is 39.8 Å². The molecule has 2 rings (SSSR count). The van der Waals surface area contributed by atoms with Gasteiger partial charge in [-0.2, -0.15) is 5.10 Å². The normalized spacial score (nSPS) is 12.1. The lowest BCUT2D eigenvalue weighted by Crippen LogP contribution is -2.36. The van der Waals surface area contributed by atoms with Crippen LogP contribution >= 0.6 is 11.3 Å². The molecule has 0 aliphatic rings. The summed E-state index contributed by atoms with van der Waals surface area (Å²) in [5.41, 5.74) is 3.48. The van der Waals surface area contributed by atoms with E-state index in [2.05, 4.69) is 43.1 Å². The van der Waals surface area contributed by atoms with E-state index < -0.39 is 0 Å². The van der Waals surface area contributed by atoms with Crippen molar-refractivity contribution in [3.8, 4) is 0 Å². The summed E-state index contributed by atoms with van der Waals surface area (Å²) in [6.45, 7) is 9.30. The van der Waals surface area contributed by atoms with Gasteiger partial charge >= 0.3 is 0 Å². The van der Waals surface area contributed by atoms with E-state index in [-0.39, 0.29) is 5.54 Å². The van der Waals surface area contributed by atoms with Gasteiger partial charge in [0.05, 0.1) is 11.2 Å². The van der Waals surface area contributed by atoms with Crippen molar-refractivity contribution >= 4 is 11.3 Å². The van der Waals surface area contributed by atoms with E-state index in [0.717, 1.165) is 17.2 Å². The van der Waals surface area contributed by atoms with Gasteiger partial charge in [0.15, 0.2) is 0 Å². The monoisotopic (exact) mass is 264 g/mol. The molecule has 0 saturated carbocycles. The molecule has 0 aromatic carbocycles. The largest absolute Gasteiger partial charge is 0.302 e. The highest BCUT2D eigenvalue weighted by atomic mass is 32.1. The van der Waals surface area contributed by atoms with Crippen LogP contribution in [0.15, 0.2) is 11.6 Å². The Morgan fingerprint density at radius 3 is 2.61 bits per heavy atom. The minimum atomic E-state index is -0.108. The summed E-state index contributed by atoms with van der Waals surface area (Å²) in [5, 5.41) is 11.1. The molecular weight excluding hydrogens is 244 g/mol. The quantitative estimate of drug-likeness (QED) is 0.922. The molecule has 2 aromatic heterocycles. The van der Waals surface area contributed by atoms with Gasteiger partial charge in [0.25, 0.3) is 0 Å². The number of nitrogens with zero attached hydrogens (tertiary/aromatic N) is 3. The van der Waals surface area contributed by atoms with Crippen LogP contribution in [0.1, 0.15) is 35.8 Å². The van der Waals surface area contributed by atoms with Gasteiger partial charge < -0.3 is 5.32 Å². The van der Waals surface area contributed by atoms with E-state index in [1.807, 2.05) is 23.3 Å². The zero-order valence-electron chi connectivity index (χ0n) is 11.6. The minimum absolute atomic E-state index is 0.108. The van der Waals surface area contributed by atoms with Crippen LogP contribution in [0.4, 0.5) is 0 Å². The van der Waals surface area contributed by atoms with Gasteiger partial charge in [-0.05, 0) is 27.7 Å². The van der Waals surface area contributed by atoms with E-state index in [4.69, 9.17) is 0 Å². The van der Waals surface area contributed by atoms with Crippen molar-refractivity contribution in [2.24, 2.45) is 7.05 Å². The van der Waals surface area contributed by atoms with Crippen molar-refractivity contribution in [3.63, 3.8) is 0 Å². The van der Waals surface area contributed by atoms with Crippen LogP contribution in [0.2, 0.25) is 0 Å². The minimum Gasteiger partial charge on any atom is -0.302 e. The molecule has 0 spiro atoms. The van der Waals surface area contributed by atoms with Crippen LogP contribution in [0.5, 0.6) is 0 Å². The van der Waals surface area contributed by atoms with Crippen LogP contribution in [0.3, 0.4) is 0 Å². The number of hydrogen-bond donors (Lipinski definition) is 1. The number of hydrogen-bond acceptors (Lipinski definition) is 4. The molecule has 2 heterocycles. The van der Waals surface area contributed by atoms with Gasteiger partial charge in [-0.15, -0.1) is 11.3 Å². The molecule has 0 aliphatic heterocycles. The third-order valence-electron chi connectivity index (χ3n) is 3.33.